The Hall–Kier alpha value is -3.03. The lowest BCUT2D eigenvalue weighted by Gasteiger charge is -2.17. The Bertz CT molecular complexity index is 1580. The summed E-state index contributed by atoms with van der Waals surface area (Å²) in [6.45, 7) is 2.00. The highest BCUT2D eigenvalue weighted by molar-refractivity contribution is 9.10. The van der Waals surface area contributed by atoms with Gasteiger partial charge >= 0.3 is 15.5 Å². The van der Waals surface area contributed by atoms with Gasteiger partial charge in [-0.25, -0.2) is 4.98 Å². The molecule has 1 aliphatic carbocycles. The van der Waals surface area contributed by atoms with E-state index in [2.05, 4.69) is 26.2 Å². The number of nitrogens with zero attached hydrogens (tertiary/aromatic N) is 2. The molecule has 1 amide bonds. The number of carbonyl (C=O) groups excluding carboxylic acids is 1. The van der Waals surface area contributed by atoms with Crippen molar-refractivity contribution >= 4 is 49.1 Å². The van der Waals surface area contributed by atoms with Crippen LogP contribution in [0.15, 0.2) is 51.7 Å². The summed E-state index contributed by atoms with van der Waals surface area (Å²) in [5.41, 5.74) is -3.22. The second kappa shape index (κ2) is 10.6. The van der Waals surface area contributed by atoms with Crippen LogP contribution in [-0.4, -0.2) is 36.4 Å². The van der Waals surface area contributed by atoms with Crippen LogP contribution < -0.4 is 10.0 Å². The molecular formula is C24H21BrClF3N4O4S. The van der Waals surface area contributed by atoms with Crippen LogP contribution in [0.5, 0.6) is 0 Å². The van der Waals surface area contributed by atoms with Crippen molar-refractivity contribution in [3.05, 3.63) is 69.6 Å². The average molecular weight is 634 g/mol. The number of halogens is 5. The van der Waals surface area contributed by atoms with Crippen LogP contribution in [0, 0.1) is 0 Å². The second-order valence-corrected chi connectivity index (χ2v) is 11.1. The molecule has 2 heterocycles. The van der Waals surface area contributed by atoms with Gasteiger partial charge in [-0.05, 0) is 45.6 Å². The van der Waals surface area contributed by atoms with Gasteiger partial charge in [0.05, 0.1) is 24.8 Å². The molecule has 8 nitrogen and oxygen atoms in total. The molecule has 0 fully saturated rings. The van der Waals surface area contributed by atoms with Crippen LogP contribution in [-0.2, 0) is 23.0 Å². The number of aryl methyl sites for hydroxylation is 1. The molecule has 0 saturated heterocycles. The van der Waals surface area contributed by atoms with Gasteiger partial charge in [0.1, 0.15) is 11.5 Å². The number of hydrogen-bond acceptors (Lipinski definition) is 5. The van der Waals surface area contributed by atoms with E-state index >= 15 is 0 Å². The molecule has 1 aliphatic heterocycles. The number of sulfonamides is 1. The minimum atomic E-state index is -5.70. The summed E-state index contributed by atoms with van der Waals surface area (Å²) in [5.74, 6) is 0.0777. The number of para-hydroxylation sites is 1. The van der Waals surface area contributed by atoms with Crippen LogP contribution in [0.1, 0.15) is 35.2 Å². The van der Waals surface area contributed by atoms with E-state index in [0.717, 1.165) is 0 Å². The third kappa shape index (κ3) is 5.02. The zero-order valence-corrected chi connectivity index (χ0v) is 23.1. The standard InChI is InChI=1S/C24H21BrClF3N4O4S/c1-3-6-18-31-22(26)21(23(34)30-2)33(18)11-15-13-9-10-37-12-16(13)20(25)19(15)14-7-4-5-8-17(14)32-38(35,36)24(27,28)29/h4-5,7-10,12,32H,3,6,11H2,1-2H3,(H,30,34). The number of imidazole rings is 1. The molecule has 0 atom stereocenters. The van der Waals surface area contributed by atoms with Crippen LogP contribution in [0.4, 0.5) is 18.9 Å². The van der Waals surface area contributed by atoms with E-state index in [4.69, 9.17) is 16.0 Å². The van der Waals surface area contributed by atoms with Gasteiger partial charge in [0.25, 0.3) is 5.91 Å². The molecule has 1 aromatic carbocycles. The lowest BCUT2D eigenvalue weighted by atomic mass is 10.0. The summed E-state index contributed by atoms with van der Waals surface area (Å²) in [4.78, 5) is 17.1. The molecule has 0 saturated carbocycles. The number of anilines is 1. The Morgan fingerprint density at radius 3 is 2.55 bits per heavy atom. The normalized spacial score (nSPS) is 12.2. The number of hydrogen-bond donors (Lipinski definition) is 2. The van der Waals surface area contributed by atoms with Crippen molar-refractivity contribution in [1.82, 2.24) is 14.9 Å². The number of aromatic nitrogens is 2. The van der Waals surface area contributed by atoms with Crippen LogP contribution in [0.25, 0.3) is 22.3 Å². The number of nitrogens with one attached hydrogen (secondary N) is 2. The molecule has 202 valence electrons. The zero-order chi connectivity index (χ0) is 27.8. The van der Waals surface area contributed by atoms with Gasteiger partial charge in [0.15, 0.2) is 5.15 Å². The molecule has 14 heteroatoms. The third-order valence-corrected chi connectivity index (χ3v) is 8.04. The van der Waals surface area contributed by atoms with Crippen molar-refractivity contribution in [1.29, 1.82) is 0 Å². The average Bonchev–Trinajstić information content (AvgIpc) is 3.32. The molecule has 0 spiro atoms. The van der Waals surface area contributed by atoms with E-state index < -0.39 is 21.4 Å². The fourth-order valence-corrected chi connectivity index (χ4v) is 5.81. The zero-order valence-electron chi connectivity index (χ0n) is 20.0. The van der Waals surface area contributed by atoms with E-state index in [0.29, 0.717) is 45.4 Å². The van der Waals surface area contributed by atoms with Crippen molar-refractivity contribution in [2.75, 3.05) is 11.8 Å². The quantitative estimate of drug-likeness (QED) is 0.237. The molecule has 1 aromatic heterocycles. The number of fused-ring (bicyclic) bond motifs is 1. The number of benzene rings is 1. The lowest BCUT2D eigenvalue weighted by Crippen LogP contribution is -2.30. The number of carbonyl (C=O) groups is 1. The first-order valence-corrected chi connectivity index (χ1v) is 13.9. The Kier molecular flexibility index (Phi) is 7.82. The Morgan fingerprint density at radius 1 is 1.18 bits per heavy atom. The van der Waals surface area contributed by atoms with Gasteiger partial charge in [-0.1, -0.05) is 36.7 Å². The van der Waals surface area contributed by atoms with Crippen LogP contribution in [0.2, 0.25) is 5.15 Å². The minimum absolute atomic E-state index is 0.0117. The first-order valence-electron chi connectivity index (χ1n) is 11.2. The largest absolute Gasteiger partial charge is 0.516 e. The fraction of sp³-hybridized carbons (Fsp3) is 0.250. The Labute approximate surface area is 229 Å². The smallest absolute Gasteiger partial charge is 0.472 e. The molecule has 2 aromatic rings. The number of alkyl halides is 3. The number of amides is 1. The maximum atomic E-state index is 13.2. The molecule has 0 bridgehead atoms. The maximum absolute atomic E-state index is 13.2. The van der Waals surface area contributed by atoms with Crippen molar-refractivity contribution in [3.63, 3.8) is 0 Å². The van der Waals surface area contributed by atoms with Crippen molar-refractivity contribution in [3.8, 4) is 22.3 Å². The first kappa shape index (κ1) is 28.0. The van der Waals surface area contributed by atoms with Gasteiger partial charge in [-0.15, -0.1) is 0 Å². The van der Waals surface area contributed by atoms with Gasteiger partial charge in [0.2, 0.25) is 0 Å². The SMILES string of the molecule is CCCc1nc(Cl)c(C(=O)NC)n1Cc1c2ccocc-2c(Br)c1-c1ccccc1NS(=O)(=O)C(F)(F)F. The molecule has 0 unspecified atom stereocenters. The van der Waals surface area contributed by atoms with Crippen LogP contribution in [0.3, 0.4) is 0 Å². The predicted octanol–water partition coefficient (Wildman–Crippen LogP) is 6.29. The summed E-state index contributed by atoms with van der Waals surface area (Å²) in [6, 6.07) is 7.41. The first-order chi connectivity index (χ1) is 17.9. The summed E-state index contributed by atoms with van der Waals surface area (Å²) >= 11 is 9.88. The van der Waals surface area contributed by atoms with Crippen molar-refractivity contribution in [2.45, 2.75) is 31.8 Å². The van der Waals surface area contributed by atoms with Gasteiger partial charge in [-0.2, -0.15) is 21.6 Å². The molecule has 2 N–H and O–H groups in total. The maximum Gasteiger partial charge on any atom is 0.516 e. The summed E-state index contributed by atoms with van der Waals surface area (Å²) in [5, 5.41) is 2.56. The highest BCUT2D eigenvalue weighted by Crippen LogP contribution is 2.48. The summed E-state index contributed by atoms with van der Waals surface area (Å²) in [6.07, 6.45) is 4.11. The Morgan fingerprint density at radius 2 is 1.89 bits per heavy atom. The monoisotopic (exact) mass is 632 g/mol. The summed E-state index contributed by atoms with van der Waals surface area (Å²) in [7, 11) is -4.24. The van der Waals surface area contributed by atoms with E-state index in [1.165, 1.54) is 37.8 Å². The van der Waals surface area contributed by atoms with E-state index in [1.54, 1.807) is 21.4 Å². The van der Waals surface area contributed by atoms with E-state index in [-0.39, 0.29) is 28.6 Å². The Balaban J connectivity index is 1.98. The molecule has 4 rings (SSSR count). The van der Waals surface area contributed by atoms with Crippen LogP contribution >= 0.6 is 27.5 Å². The van der Waals surface area contributed by atoms with Gasteiger partial charge < -0.3 is 14.3 Å². The minimum Gasteiger partial charge on any atom is -0.472 e. The van der Waals surface area contributed by atoms with E-state index in [1.807, 2.05) is 6.92 Å². The molecule has 0 radical (unpaired) electrons. The van der Waals surface area contributed by atoms with Gasteiger partial charge in [-0.3, -0.25) is 9.52 Å². The lowest BCUT2D eigenvalue weighted by molar-refractivity contribution is -0.0429. The second-order valence-electron chi connectivity index (χ2n) is 8.23. The number of rotatable bonds is 8. The molecule has 38 heavy (non-hydrogen) atoms. The topological polar surface area (TPSA) is 106 Å². The van der Waals surface area contributed by atoms with E-state index in [9.17, 15) is 26.4 Å². The predicted molar refractivity (Wildman–Crippen MR) is 141 cm³/mol. The highest BCUT2D eigenvalue weighted by Gasteiger charge is 2.46. The van der Waals surface area contributed by atoms with Crippen molar-refractivity contribution in [2.24, 2.45) is 0 Å². The highest BCUT2D eigenvalue weighted by atomic mass is 79.9. The third-order valence-electron chi connectivity index (χ3n) is 5.85. The summed E-state index contributed by atoms with van der Waals surface area (Å²) < 4.78 is 72.7. The molecule has 2 aliphatic rings. The van der Waals surface area contributed by atoms with Gasteiger partial charge in [0, 0.05) is 34.6 Å². The molecular weight excluding hydrogens is 613 g/mol. The fourth-order valence-electron chi connectivity index (χ4n) is 4.19. The van der Waals surface area contributed by atoms with Crippen molar-refractivity contribution < 1.29 is 30.8 Å².